The largest absolute Gasteiger partial charge is 0.263 e. The highest BCUT2D eigenvalue weighted by atomic mass is 15.2. The lowest BCUT2D eigenvalue weighted by molar-refractivity contribution is 0.651. The summed E-state index contributed by atoms with van der Waals surface area (Å²) in [6.07, 6.45) is 6.01. The van der Waals surface area contributed by atoms with Crippen LogP contribution in [0.3, 0.4) is 0 Å². The summed E-state index contributed by atoms with van der Waals surface area (Å²) in [5.74, 6) is 3.38. The fraction of sp³-hybridized carbons (Fsp3) is 0.467. The van der Waals surface area contributed by atoms with Gasteiger partial charge in [0.25, 0.3) is 0 Å². The van der Waals surface area contributed by atoms with Gasteiger partial charge in [0, 0.05) is 12.3 Å². The van der Waals surface area contributed by atoms with Crippen molar-refractivity contribution in [1.29, 1.82) is 0 Å². The quantitative estimate of drug-likeness (QED) is 0.894. The second-order valence-electron chi connectivity index (χ2n) is 5.55. The van der Waals surface area contributed by atoms with Crippen molar-refractivity contribution >= 4 is 0 Å². The molecule has 2 aliphatic rings. The zero-order chi connectivity index (χ0) is 11.9. The van der Waals surface area contributed by atoms with Crippen molar-refractivity contribution in [3.63, 3.8) is 0 Å². The lowest BCUT2D eigenvalue weighted by atomic mass is 9.98. The Morgan fingerprint density at radius 2 is 2.06 bits per heavy atom. The van der Waals surface area contributed by atoms with Crippen molar-refractivity contribution in [3.8, 4) is 0 Å². The molecule has 1 heterocycles. The summed E-state index contributed by atoms with van der Waals surface area (Å²) in [5.41, 5.74) is 3.03. The molecule has 0 unspecified atom stereocenters. The molecule has 3 heteroatoms. The lowest BCUT2D eigenvalue weighted by Gasteiger charge is -2.08. The molecule has 18 heavy (non-hydrogen) atoms. The molecule has 0 radical (unpaired) electrons. The van der Waals surface area contributed by atoms with Gasteiger partial charge in [-0.2, -0.15) is 5.10 Å². The van der Waals surface area contributed by atoms with Crippen molar-refractivity contribution < 1.29 is 0 Å². The van der Waals surface area contributed by atoms with Crippen LogP contribution in [0.4, 0.5) is 0 Å². The summed E-state index contributed by atoms with van der Waals surface area (Å²) in [6, 6.07) is 8.81. The van der Waals surface area contributed by atoms with Gasteiger partial charge >= 0.3 is 0 Å². The first kappa shape index (κ1) is 10.3. The van der Waals surface area contributed by atoms with Crippen LogP contribution in [0.1, 0.15) is 53.9 Å². The summed E-state index contributed by atoms with van der Waals surface area (Å²) >= 11 is 0. The van der Waals surface area contributed by atoms with E-state index in [1.807, 2.05) is 0 Å². The number of fused-ring (bicyclic) bond motifs is 1. The maximum Gasteiger partial charge on any atom is 0.153 e. The standard InChI is InChI=1S/C15H17N3/c1-2-4-13-10(3-1)5-8-12(13)9-14-16-15(18-17-14)11-6-7-11/h1-4,11-12H,5-9H2,(H,16,17,18)/t12-/m0/s1. The van der Waals surface area contributed by atoms with Crippen LogP contribution in [0.2, 0.25) is 0 Å². The van der Waals surface area contributed by atoms with Gasteiger partial charge in [-0.25, -0.2) is 4.98 Å². The minimum absolute atomic E-state index is 0.626. The highest BCUT2D eigenvalue weighted by Gasteiger charge is 2.29. The molecule has 2 aromatic rings. The van der Waals surface area contributed by atoms with Crippen LogP contribution in [-0.4, -0.2) is 15.2 Å². The molecule has 0 saturated heterocycles. The van der Waals surface area contributed by atoms with Gasteiger partial charge in [-0.05, 0) is 42.7 Å². The van der Waals surface area contributed by atoms with E-state index in [2.05, 4.69) is 39.4 Å². The normalized spacial score (nSPS) is 22.1. The second kappa shape index (κ2) is 3.94. The third-order valence-electron chi connectivity index (χ3n) is 4.19. The molecular formula is C15H17N3. The monoisotopic (exact) mass is 239 g/mol. The van der Waals surface area contributed by atoms with Gasteiger partial charge in [0.15, 0.2) is 5.82 Å². The number of benzene rings is 1. The number of nitrogens with one attached hydrogen (secondary N) is 1. The fourth-order valence-corrected chi connectivity index (χ4v) is 3.02. The topological polar surface area (TPSA) is 41.6 Å². The highest BCUT2D eigenvalue weighted by molar-refractivity contribution is 5.35. The number of hydrogen-bond acceptors (Lipinski definition) is 2. The van der Waals surface area contributed by atoms with Gasteiger partial charge in [0.2, 0.25) is 0 Å². The SMILES string of the molecule is c1ccc2c(c1)CC[C@H]2Cc1nc(C2CC2)n[nH]1. The Morgan fingerprint density at radius 1 is 1.17 bits per heavy atom. The van der Waals surface area contributed by atoms with E-state index in [-0.39, 0.29) is 0 Å². The zero-order valence-corrected chi connectivity index (χ0v) is 10.4. The van der Waals surface area contributed by atoms with Gasteiger partial charge in [-0.1, -0.05) is 24.3 Å². The number of nitrogens with zero attached hydrogens (tertiary/aromatic N) is 2. The highest BCUT2D eigenvalue weighted by Crippen LogP contribution is 2.38. The van der Waals surface area contributed by atoms with E-state index in [9.17, 15) is 0 Å². The second-order valence-corrected chi connectivity index (χ2v) is 5.55. The summed E-state index contributed by atoms with van der Waals surface area (Å²) in [5, 5.41) is 7.46. The number of aromatic nitrogens is 3. The molecule has 1 saturated carbocycles. The van der Waals surface area contributed by atoms with Gasteiger partial charge in [-0.15, -0.1) is 0 Å². The first-order valence-electron chi connectivity index (χ1n) is 6.89. The first-order chi connectivity index (χ1) is 8.90. The fourth-order valence-electron chi connectivity index (χ4n) is 3.02. The Bertz CT molecular complexity index is 569. The molecule has 1 aromatic carbocycles. The zero-order valence-electron chi connectivity index (χ0n) is 10.4. The van der Waals surface area contributed by atoms with E-state index in [1.54, 1.807) is 0 Å². The van der Waals surface area contributed by atoms with Crippen LogP contribution < -0.4 is 0 Å². The molecule has 1 atom stereocenters. The number of hydrogen-bond donors (Lipinski definition) is 1. The average molecular weight is 239 g/mol. The molecule has 1 aromatic heterocycles. The summed E-state index contributed by atoms with van der Waals surface area (Å²) in [7, 11) is 0. The van der Waals surface area contributed by atoms with Crippen LogP contribution in [0.25, 0.3) is 0 Å². The Morgan fingerprint density at radius 3 is 2.94 bits per heavy atom. The Kier molecular flexibility index (Phi) is 2.25. The van der Waals surface area contributed by atoms with E-state index >= 15 is 0 Å². The van der Waals surface area contributed by atoms with Crippen molar-refractivity contribution in [3.05, 3.63) is 47.0 Å². The Hall–Kier alpha value is -1.64. The third kappa shape index (κ3) is 1.74. The Labute approximate surface area is 107 Å². The van der Waals surface area contributed by atoms with E-state index in [1.165, 1.54) is 36.8 Å². The minimum atomic E-state index is 0.626. The van der Waals surface area contributed by atoms with Gasteiger partial charge in [0.05, 0.1) is 0 Å². The Balaban J connectivity index is 1.54. The van der Waals surface area contributed by atoms with Crippen LogP contribution in [0, 0.1) is 0 Å². The number of aromatic amines is 1. The molecular weight excluding hydrogens is 222 g/mol. The molecule has 0 aliphatic heterocycles. The minimum Gasteiger partial charge on any atom is -0.263 e. The lowest BCUT2D eigenvalue weighted by Crippen LogP contribution is -2.00. The van der Waals surface area contributed by atoms with Crippen molar-refractivity contribution in [2.45, 2.75) is 43.9 Å². The van der Waals surface area contributed by atoms with Crippen LogP contribution in [-0.2, 0) is 12.8 Å². The van der Waals surface area contributed by atoms with Gasteiger partial charge in [-0.3, -0.25) is 5.10 Å². The predicted octanol–water partition coefficient (Wildman–Crippen LogP) is 2.95. The molecule has 4 rings (SSSR count). The number of rotatable bonds is 3. The molecule has 1 N–H and O–H groups in total. The van der Waals surface area contributed by atoms with E-state index in [0.717, 1.165) is 18.1 Å². The molecule has 1 fully saturated rings. The van der Waals surface area contributed by atoms with Crippen LogP contribution in [0.5, 0.6) is 0 Å². The predicted molar refractivity (Wildman–Crippen MR) is 69.6 cm³/mol. The van der Waals surface area contributed by atoms with Gasteiger partial charge < -0.3 is 0 Å². The van der Waals surface area contributed by atoms with Crippen molar-refractivity contribution in [2.75, 3.05) is 0 Å². The third-order valence-corrected chi connectivity index (χ3v) is 4.19. The molecule has 2 aliphatic carbocycles. The van der Waals surface area contributed by atoms with E-state index in [4.69, 9.17) is 0 Å². The number of H-pyrrole nitrogens is 1. The van der Waals surface area contributed by atoms with Gasteiger partial charge in [0.1, 0.15) is 5.82 Å². The summed E-state index contributed by atoms with van der Waals surface area (Å²) in [6.45, 7) is 0. The summed E-state index contributed by atoms with van der Waals surface area (Å²) in [4.78, 5) is 4.64. The molecule has 0 amide bonds. The summed E-state index contributed by atoms with van der Waals surface area (Å²) < 4.78 is 0. The maximum absolute atomic E-state index is 4.64. The van der Waals surface area contributed by atoms with E-state index in [0.29, 0.717) is 11.8 Å². The molecule has 92 valence electrons. The van der Waals surface area contributed by atoms with Crippen molar-refractivity contribution in [1.82, 2.24) is 15.2 Å². The smallest absolute Gasteiger partial charge is 0.153 e. The average Bonchev–Trinajstić information content (AvgIpc) is 3.02. The molecule has 0 bridgehead atoms. The number of aryl methyl sites for hydroxylation is 1. The van der Waals surface area contributed by atoms with Crippen LogP contribution in [0.15, 0.2) is 24.3 Å². The maximum atomic E-state index is 4.64. The molecule has 0 spiro atoms. The van der Waals surface area contributed by atoms with Crippen LogP contribution >= 0.6 is 0 Å². The van der Waals surface area contributed by atoms with E-state index < -0.39 is 0 Å². The van der Waals surface area contributed by atoms with Crippen molar-refractivity contribution in [2.24, 2.45) is 0 Å². The molecule has 3 nitrogen and oxygen atoms in total. The first-order valence-corrected chi connectivity index (χ1v) is 6.89.